The molecule has 7 nitrogen and oxygen atoms in total. The molecule has 0 atom stereocenters. The fraction of sp³-hybridized carbons (Fsp3) is 0.125. The van der Waals surface area contributed by atoms with Crippen molar-refractivity contribution in [2.75, 3.05) is 19.0 Å². The Morgan fingerprint density at radius 3 is 2.58 bits per heavy atom. The van der Waals surface area contributed by atoms with E-state index in [2.05, 4.69) is 10.0 Å². The van der Waals surface area contributed by atoms with E-state index in [4.69, 9.17) is 16.3 Å². The van der Waals surface area contributed by atoms with Gasteiger partial charge in [0.05, 0.1) is 10.6 Å². The Labute approximate surface area is 154 Å². The van der Waals surface area contributed by atoms with Crippen LogP contribution in [0.4, 0.5) is 10.1 Å². The van der Waals surface area contributed by atoms with E-state index in [0.29, 0.717) is 0 Å². The maximum absolute atomic E-state index is 13.0. The van der Waals surface area contributed by atoms with Crippen molar-refractivity contribution < 1.29 is 27.1 Å². The second-order valence-corrected chi connectivity index (χ2v) is 7.25. The van der Waals surface area contributed by atoms with Crippen molar-refractivity contribution in [2.45, 2.75) is 4.90 Å². The van der Waals surface area contributed by atoms with Gasteiger partial charge in [-0.2, -0.15) is 0 Å². The van der Waals surface area contributed by atoms with Crippen LogP contribution < -0.4 is 10.0 Å². The van der Waals surface area contributed by atoms with Crippen molar-refractivity contribution in [3.05, 3.63) is 58.9 Å². The number of rotatable bonds is 6. The molecule has 10 heteroatoms. The van der Waals surface area contributed by atoms with Crippen molar-refractivity contribution in [1.29, 1.82) is 0 Å². The molecule has 0 saturated carbocycles. The third-order valence-electron chi connectivity index (χ3n) is 3.17. The average molecular weight is 401 g/mol. The summed E-state index contributed by atoms with van der Waals surface area (Å²) in [6, 6.07) is 8.74. The van der Waals surface area contributed by atoms with Crippen LogP contribution in [0, 0.1) is 5.82 Å². The number of anilines is 1. The van der Waals surface area contributed by atoms with Crippen molar-refractivity contribution in [3.63, 3.8) is 0 Å². The van der Waals surface area contributed by atoms with E-state index in [1.165, 1.54) is 37.4 Å². The van der Waals surface area contributed by atoms with Crippen LogP contribution in [0.3, 0.4) is 0 Å². The van der Waals surface area contributed by atoms with Crippen LogP contribution in [0.15, 0.2) is 47.4 Å². The van der Waals surface area contributed by atoms with Gasteiger partial charge in [-0.05, 0) is 43.4 Å². The maximum Gasteiger partial charge on any atom is 0.338 e. The summed E-state index contributed by atoms with van der Waals surface area (Å²) in [7, 11) is -2.66. The Morgan fingerprint density at radius 2 is 1.92 bits per heavy atom. The highest BCUT2D eigenvalue weighted by Crippen LogP contribution is 2.22. The van der Waals surface area contributed by atoms with Crippen molar-refractivity contribution >= 4 is 39.2 Å². The molecule has 2 aromatic rings. The van der Waals surface area contributed by atoms with Gasteiger partial charge in [0.2, 0.25) is 10.0 Å². The lowest BCUT2D eigenvalue weighted by atomic mass is 10.2. The fourth-order valence-corrected chi connectivity index (χ4v) is 3.17. The molecule has 0 spiro atoms. The van der Waals surface area contributed by atoms with E-state index < -0.39 is 34.3 Å². The molecule has 0 radical (unpaired) electrons. The van der Waals surface area contributed by atoms with Crippen LogP contribution in [0.5, 0.6) is 0 Å². The Bertz CT molecular complexity index is 949. The number of hydrogen-bond donors (Lipinski definition) is 2. The minimum atomic E-state index is -3.87. The van der Waals surface area contributed by atoms with Gasteiger partial charge in [0.25, 0.3) is 5.91 Å². The molecule has 0 aliphatic heterocycles. The summed E-state index contributed by atoms with van der Waals surface area (Å²) in [5.41, 5.74) is 0.113. The molecule has 0 saturated heterocycles. The molecule has 0 bridgehead atoms. The predicted molar refractivity (Wildman–Crippen MR) is 93.0 cm³/mol. The van der Waals surface area contributed by atoms with Crippen LogP contribution in [0.1, 0.15) is 10.4 Å². The summed E-state index contributed by atoms with van der Waals surface area (Å²) in [5.74, 6) is -2.12. The zero-order valence-corrected chi connectivity index (χ0v) is 15.0. The van der Waals surface area contributed by atoms with Gasteiger partial charge in [-0.15, -0.1) is 0 Å². The minimum absolute atomic E-state index is 0.0697. The summed E-state index contributed by atoms with van der Waals surface area (Å²) in [5, 5.41) is 2.29. The van der Waals surface area contributed by atoms with Crippen molar-refractivity contribution in [2.24, 2.45) is 0 Å². The molecule has 0 heterocycles. The maximum atomic E-state index is 13.0. The highest BCUT2D eigenvalue weighted by atomic mass is 35.5. The number of nitrogens with one attached hydrogen (secondary N) is 2. The smallest absolute Gasteiger partial charge is 0.338 e. The number of halogens is 2. The molecule has 26 heavy (non-hydrogen) atoms. The molecule has 0 fully saturated rings. The van der Waals surface area contributed by atoms with Gasteiger partial charge in [-0.1, -0.05) is 17.7 Å². The summed E-state index contributed by atoms with van der Waals surface area (Å²) in [4.78, 5) is 23.5. The summed E-state index contributed by atoms with van der Waals surface area (Å²) in [6.45, 7) is -0.633. The molecule has 2 aromatic carbocycles. The first-order valence-electron chi connectivity index (χ1n) is 7.18. The minimum Gasteiger partial charge on any atom is -0.452 e. The molecule has 0 aliphatic rings. The summed E-state index contributed by atoms with van der Waals surface area (Å²) < 4.78 is 43.7. The van der Waals surface area contributed by atoms with Gasteiger partial charge in [0, 0.05) is 5.69 Å². The second kappa shape index (κ2) is 8.26. The third kappa shape index (κ3) is 5.01. The Morgan fingerprint density at radius 1 is 1.19 bits per heavy atom. The van der Waals surface area contributed by atoms with E-state index in [-0.39, 0.29) is 21.2 Å². The lowest BCUT2D eigenvalue weighted by molar-refractivity contribution is -0.119. The Balaban J connectivity index is 2.04. The molecule has 1 amide bonds. The Hall–Kier alpha value is -2.49. The van der Waals surface area contributed by atoms with E-state index in [1.54, 1.807) is 0 Å². The zero-order chi connectivity index (χ0) is 19.3. The summed E-state index contributed by atoms with van der Waals surface area (Å²) in [6.07, 6.45) is 0. The third-order valence-corrected chi connectivity index (χ3v) is 5.06. The molecular formula is C16H14ClFN2O5S. The number of esters is 1. The molecule has 0 aliphatic carbocycles. The van der Waals surface area contributed by atoms with E-state index >= 15 is 0 Å². The van der Waals surface area contributed by atoms with Gasteiger partial charge in [-0.25, -0.2) is 22.3 Å². The lowest BCUT2D eigenvalue weighted by Gasteiger charge is -2.09. The number of sulfonamides is 1. The zero-order valence-electron chi connectivity index (χ0n) is 13.5. The van der Waals surface area contributed by atoms with Gasteiger partial charge in [0.1, 0.15) is 10.7 Å². The summed E-state index contributed by atoms with van der Waals surface area (Å²) >= 11 is 5.83. The fourth-order valence-electron chi connectivity index (χ4n) is 1.92. The highest BCUT2D eigenvalue weighted by molar-refractivity contribution is 7.89. The quantitative estimate of drug-likeness (QED) is 0.724. The lowest BCUT2D eigenvalue weighted by Crippen LogP contribution is -2.22. The van der Waals surface area contributed by atoms with Crippen molar-refractivity contribution in [3.8, 4) is 0 Å². The van der Waals surface area contributed by atoms with E-state index in [9.17, 15) is 22.4 Å². The number of hydrogen-bond acceptors (Lipinski definition) is 5. The molecule has 0 aromatic heterocycles. The second-order valence-electron chi connectivity index (χ2n) is 4.99. The van der Waals surface area contributed by atoms with Gasteiger partial charge in [0.15, 0.2) is 6.61 Å². The van der Waals surface area contributed by atoms with Gasteiger partial charge < -0.3 is 10.1 Å². The van der Waals surface area contributed by atoms with Crippen LogP contribution in [-0.2, 0) is 19.6 Å². The Kier molecular flexibility index (Phi) is 6.30. The SMILES string of the molecule is CNS(=O)(=O)c1cc(C(=O)OCC(=O)Nc2cccc(F)c2)ccc1Cl. The topological polar surface area (TPSA) is 102 Å². The molecule has 0 unspecified atom stereocenters. The standard InChI is InChI=1S/C16H14ClFN2O5S/c1-19-26(23,24)14-7-10(5-6-13(14)17)16(22)25-9-15(21)20-12-4-2-3-11(18)8-12/h2-8,19H,9H2,1H3,(H,20,21). The normalized spacial score (nSPS) is 11.0. The van der Waals surface area contributed by atoms with Crippen LogP contribution >= 0.6 is 11.6 Å². The van der Waals surface area contributed by atoms with E-state index in [1.807, 2.05) is 0 Å². The number of carbonyl (C=O) groups excluding carboxylic acids is 2. The highest BCUT2D eigenvalue weighted by Gasteiger charge is 2.19. The molecule has 2 N–H and O–H groups in total. The number of carbonyl (C=O) groups is 2. The average Bonchev–Trinajstić information content (AvgIpc) is 2.60. The first-order chi connectivity index (χ1) is 12.2. The van der Waals surface area contributed by atoms with Gasteiger partial charge >= 0.3 is 5.97 Å². The number of benzene rings is 2. The first-order valence-corrected chi connectivity index (χ1v) is 9.04. The van der Waals surface area contributed by atoms with Crippen molar-refractivity contribution in [1.82, 2.24) is 4.72 Å². The van der Waals surface area contributed by atoms with Crippen LogP contribution in [-0.4, -0.2) is 33.9 Å². The largest absolute Gasteiger partial charge is 0.452 e. The first kappa shape index (κ1) is 19.8. The monoisotopic (exact) mass is 400 g/mol. The van der Waals surface area contributed by atoms with E-state index in [0.717, 1.165) is 12.1 Å². The van der Waals surface area contributed by atoms with Crippen LogP contribution in [0.2, 0.25) is 5.02 Å². The van der Waals surface area contributed by atoms with Crippen LogP contribution in [0.25, 0.3) is 0 Å². The molecule has 2 rings (SSSR count). The number of ether oxygens (including phenoxy) is 1. The predicted octanol–water partition coefficient (Wildman–Crippen LogP) is 2.18. The molecular weight excluding hydrogens is 387 g/mol. The number of amides is 1. The molecule has 138 valence electrons. The van der Waals surface area contributed by atoms with Gasteiger partial charge in [-0.3, -0.25) is 4.79 Å².